The summed E-state index contributed by atoms with van der Waals surface area (Å²) in [5.41, 5.74) is 7.94. The molecule has 0 amide bonds. The van der Waals surface area contributed by atoms with Crippen LogP contribution in [-0.2, 0) is 6.42 Å². The second-order valence-corrected chi connectivity index (χ2v) is 6.40. The van der Waals surface area contributed by atoms with Crippen LogP contribution >= 0.6 is 0 Å². The number of hydrogen-bond acceptors (Lipinski definition) is 2. The fraction of sp³-hybridized carbons (Fsp3) is 0.647. The molecule has 2 N–H and O–H groups in total. The van der Waals surface area contributed by atoms with Gasteiger partial charge in [0, 0.05) is 18.6 Å². The van der Waals surface area contributed by atoms with Crippen LogP contribution in [0.2, 0.25) is 0 Å². The summed E-state index contributed by atoms with van der Waals surface area (Å²) < 4.78 is 14.4. The van der Waals surface area contributed by atoms with E-state index < -0.39 is 0 Å². The van der Waals surface area contributed by atoms with Crippen LogP contribution in [-0.4, -0.2) is 18.6 Å². The van der Waals surface area contributed by atoms with Crippen molar-refractivity contribution in [3.05, 3.63) is 29.6 Å². The maximum absolute atomic E-state index is 14.4. The highest BCUT2D eigenvalue weighted by Gasteiger charge is 2.32. The van der Waals surface area contributed by atoms with Crippen molar-refractivity contribution in [2.45, 2.75) is 58.5 Å². The summed E-state index contributed by atoms with van der Waals surface area (Å²) in [6.45, 7) is 7.37. The number of nitrogens with zero attached hydrogens (tertiary/aromatic N) is 1. The van der Waals surface area contributed by atoms with E-state index in [9.17, 15) is 4.39 Å². The fourth-order valence-corrected chi connectivity index (χ4v) is 2.68. The van der Waals surface area contributed by atoms with Crippen molar-refractivity contribution in [3.8, 4) is 0 Å². The van der Waals surface area contributed by atoms with Gasteiger partial charge in [-0.05, 0) is 43.2 Å². The van der Waals surface area contributed by atoms with Crippen LogP contribution < -0.4 is 10.6 Å². The number of rotatable bonds is 7. The van der Waals surface area contributed by atoms with Crippen molar-refractivity contribution in [1.29, 1.82) is 0 Å². The van der Waals surface area contributed by atoms with Gasteiger partial charge in [-0.3, -0.25) is 0 Å². The first-order chi connectivity index (χ1) is 9.52. The molecule has 0 saturated heterocycles. The Hall–Kier alpha value is -1.09. The molecule has 1 fully saturated rings. The highest BCUT2D eigenvalue weighted by atomic mass is 19.1. The second kappa shape index (κ2) is 6.57. The quantitative estimate of drug-likeness (QED) is 0.823. The van der Waals surface area contributed by atoms with Gasteiger partial charge in [0.25, 0.3) is 0 Å². The van der Waals surface area contributed by atoms with Crippen molar-refractivity contribution in [2.75, 3.05) is 11.4 Å². The molecule has 0 bridgehead atoms. The molecular formula is C17H27FN2. The maximum atomic E-state index is 14.4. The van der Waals surface area contributed by atoms with E-state index in [0.717, 1.165) is 30.6 Å². The van der Waals surface area contributed by atoms with Gasteiger partial charge in [0.05, 0.1) is 5.69 Å². The number of benzene rings is 1. The summed E-state index contributed by atoms with van der Waals surface area (Å²) in [5, 5.41) is 0. The van der Waals surface area contributed by atoms with E-state index in [2.05, 4.69) is 25.7 Å². The molecule has 112 valence electrons. The van der Waals surface area contributed by atoms with E-state index in [-0.39, 0.29) is 11.9 Å². The lowest BCUT2D eigenvalue weighted by atomic mass is 10.0. The maximum Gasteiger partial charge on any atom is 0.146 e. The number of anilines is 1. The zero-order chi connectivity index (χ0) is 14.7. The summed E-state index contributed by atoms with van der Waals surface area (Å²) >= 11 is 0. The van der Waals surface area contributed by atoms with Crippen LogP contribution in [0.25, 0.3) is 0 Å². The SMILES string of the molecule is CCC(N)Cc1cccc(F)c1N(CC(C)C)C1CC1. The Balaban J connectivity index is 2.31. The van der Waals surface area contributed by atoms with Gasteiger partial charge in [-0.25, -0.2) is 4.39 Å². The number of para-hydroxylation sites is 1. The average Bonchev–Trinajstić information content (AvgIpc) is 3.20. The van der Waals surface area contributed by atoms with Crippen molar-refractivity contribution in [2.24, 2.45) is 11.7 Å². The molecule has 3 heteroatoms. The number of hydrogen-bond donors (Lipinski definition) is 1. The normalized spacial score (nSPS) is 16.5. The molecule has 1 aliphatic carbocycles. The molecule has 1 atom stereocenters. The first kappa shape index (κ1) is 15.3. The Morgan fingerprint density at radius 3 is 2.60 bits per heavy atom. The highest BCUT2D eigenvalue weighted by molar-refractivity contribution is 5.57. The van der Waals surface area contributed by atoms with E-state index in [1.54, 1.807) is 12.1 Å². The van der Waals surface area contributed by atoms with E-state index in [4.69, 9.17) is 5.73 Å². The van der Waals surface area contributed by atoms with Gasteiger partial charge in [0.2, 0.25) is 0 Å². The van der Waals surface area contributed by atoms with Gasteiger partial charge in [-0.2, -0.15) is 0 Å². The zero-order valence-corrected chi connectivity index (χ0v) is 12.9. The lowest BCUT2D eigenvalue weighted by Crippen LogP contribution is -2.32. The molecule has 1 saturated carbocycles. The average molecular weight is 278 g/mol. The van der Waals surface area contributed by atoms with Crippen LogP contribution in [0.4, 0.5) is 10.1 Å². The number of nitrogens with two attached hydrogens (primary N) is 1. The van der Waals surface area contributed by atoms with E-state index >= 15 is 0 Å². The first-order valence-corrected chi connectivity index (χ1v) is 7.82. The van der Waals surface area contributed by atoms with Crippen LogP contribution in [0.3, 0.4) is 0 Å². The van der Waals surface area contributed by atoms with Crippen LogP contribution in [0.15, 0.2) is 18.2 Å². The molecule has 1 unspecified atom stereocenters. The minimum absolute atomic E-state index is 0.0987. The molecule has 0 spiro atoms. The van der Waals surface area contributed by atoms with Gasteiger partial charge in [-0.15, -0.1) is 0 Å². The van der Waals surface area contributed by atoms with Crippen LogP contribution in [0.1, 0.15) is 45.6 Å². The topological polar surface area (TPSA) is 29.3 Å². The smallest absolute Gasteiger partial charge is 0.146 e. The molecule has 0 aromatic heterocycles. The predicted molar refractivity (Wildman–Crippen MR) is 83.6 cm³/mol. The van der Waals surface area contributed by atoms with Gasteiger partial charge in [0.15, 0.2) is 0 Å². The Kier molecular flexibility index (Phi) is 5.03. The summed E-state index contributed by atoms with van der Waals surface area (Å²) in [4.78, 5) is 2.28. The molecular weight excluding hydrogens is 251 g/mol. The van der Waals surface area contributed by atoms with Gasteiger partial charge in [0.1, 0.15) is 5.82 Å². The van der Waals surface area contributed by atoms with E-state index in [1.807, 2.05) is 6.07 Å². The monoisotopic (exact) mass is 278 g/mol. The summed E-state index contributed by atoms with van der Waals surface area (Å²) in [6, 6.07) is 6.04. The van der Waals surface area contributed by atoms with Gasteiger partial charge < -0.3 is 10.6 Å². The van der Waals surface area contributed by atoms with Gasteiger partial charge >= 0.3 is 0 Å². The van der Waals surface area contributed by atoms with Crippen LogP contribution in [0, 0.1) is 11.7 Å². The first-order valence-electron chi connectivity index (χ1n) is 7.82. The Bertz CT molecular complexity index is 441. The lowest BCUT2D eigenvalue weighted by molar-refractivity contribution is 0.570. The second-order valence-electron chi connectivity index (χ2n) is 6.40. The number of halogens is 1. The molecule has 1 aliphatic rings. The third-order valence-corrected chi connectivity index (χ3v) is 3.91. The molecule has 0 heterocycles. The Labute approximate surface area is 122 Å². The van der Waals surface area contributed by atoms with E-state index in [0.29, 0.717) is 12.0 Å². The van der Waals surface area contributed by atoms with Gasteiger partial charge in [-0.1, -0.05) is 32.9 Å². The molecule has 2 rings (SSSR count). The third kappa shape index (κ3) is 3.72. The largest absolute Gasteiger partial charge is 0.366 e. The van der Waals surface area contributed by atoms with Crippen molar-refractivity contribution < 1.29 is 4.39 Å². The molecule has 20 heavy (non-hydrogen) atoms. The zero-order valence-electron chi connectivity index (χ0n) is 12.9. The Morgan fingerprint density at radius 2 is 2.05 bits per heavy atom. The molecule has 1 aromatic carbocycles. The molecule has 0 aliphatic heterocycles. The third-order valence-electron chi connectivity index (χ3n) is 3.91. The minimum atomic E-state index is -0.0987. The summed E-state index contributed by atoms with van der Waals surface area (Å²) in [5.74, 6) is 0.432. The fourth-order valence-electron chi connectivity index (χ4n) is 2.68. The molecule has 2 nitrogen and oxygen atoms in total. The van der Waals surface area contributed by atoms with E-state index in [1.165, 1.54) is 12.8 Å². The summed E-state index contributed by atoms with van der Waals surface area (Å²) in [7, 11) is 0. The van der Waals surface area contributed by atoms with Crippen molar-refractivity contribution >= 4 is 5.69 Å². The minimum Gasteiger partial charge on any atom is -0.366 e. The van der Waals surface area contributed by atoms with Crippen LogP contribution in [0.5, 0.6) is 0 Å². The highest BCUT2D eigenvalue weighted by Crippen LogP contribution is 2.36. The Morgan fingerprint density at radius 1 is 1.35 bits per heavy atom. The van der Waals surface area contributed by atoms with Crippen molar-refractivity contribution in [1.82, 2.24) is 0 Å². The summed E-state index contributed by atoms with van der Waals surface area (Å²) in [6.07, 6.45) is 4.04. The standard InChI is InChI=1S/C17H27FN2/c1-4-14(19)10-13-6-5-7-16(18)17(13)20(11-12(2)3)15-8-9-15/h5-7,12,14-15H,4,8-11,19H2,1-3H3. The molecule has 0 radical (unpaired) electrons. The van der Waals surface area contributed by atoms with Crippen molar-refractivity contribution in [3.63, 3.8) is 0 Å². The lowest BCUT2D eigenvalue weighted by Gasteiger charge is -2.30. The molecule has 1 aromatic rings. The predicted octanol–water partition coefficient (Wildman–Crippen LogP) is 3.73.